The molecule has 0 aliphatic heterocycles. The number of imidazole rings is 1. The van der Waals surface area contributed by atoms with E-state index in [2.05, 4.69) is 36.9 Å². The van der Waals surface area contributed by atoms with Gasteiger partial charge >= 0.3 is 0 Å². The number of nitrogens with zero attached hydrogens (tertiary/aromatic N) is 4. The maximum absolute atomic E-state index is 9.55. The topological polar surface area (TPSA) is 63.2 Å². The maximum Gasteiger partial charge on any atom is 0.214 e. The Kier molecular flexibility index (Phi) is 3.82. The second kappa shape index (κ2) is 5.67. The number of nitriles is 1. The van der Waals surface area contributed by atoms with Gasteiger partial charge in [-0.15, -0.1) is 0 Å². The molecule has 0 unspecified atom stereocenters. The number of rotatable bonds is 3. The van der Waals surface area contributed by atoms with Gasteiger partial charge in [-0.05, 0) is 31.2 Å². The summed E-state index contributed by atoms with van der Waals surface area (Å²) in [7, 11) is 0. The highest BCUT2D eigenvalue weighted by molar-refractivity contribution is 7.16. The van der Waals surface area contributed by atoms with Crippen molar-refractivity contribution in [2.45, 2.75) is 33.1 Å². The van der Waals surface area contributed by atoms with Crippen LogP contribution >= 0.6 is 11.3 Å². The third-order valence-corrected chi connectivity index (χ3v) is 4.72. The molecule has 2 heterocycles. The molecule has 0 N–H and O–H groups in total. The lowest BCUT2D eigenvalue weighted by atomic mass is 9.98. The van der Waals surface area contributed by atoms with Crippen molar-refractivity contribution in [3.63, 3.8) is 0 Å². The van der Waals surface area contributed by atoms with E-state index in [0.29, 0.717) is 18.0 Å². The summed E-state index contributed by atoms with van der Waals surface area (Å²) in [6.45, 7) is 8.88. The molecule has 118 valence electrons. The molecule has 0 amide bonds. The summed E-state index contributed by atoms with van der Waals surface area (Å²) in [5.74, 6) is 0.809. The number of benzene rings is 1. The highest BCUT2D eigenvalue weighted by atomic mass is 32.1. The first-order chi connectivity index (χ1) is 10.9. The van der Waals surface area contributed by atoms with Gasteiger partial charge in [0, 0.05) is 11.0 Å². The third-order valence-electron chi connectivity index (χ3n) is 3.39. The fraction of sp³-hybridized carbons (Fsp3) is 0.353. The quantitative estimate of drug-likeness (QED) is 0.729. The summed E-state index contributed by atoms with van der Waals surface area (Å²) in [5, 5.41) is 15.1. The molecular weight excluding hydrogens is 308 g/mol. The lowest BCUT2D eigenvalue weighted by molar-refractivity contribution is 0.340. The summed E-state index contributed by atoms with van der Waals surface area (Å²) in [4.78, 5) is 5.36. The monoisotopic (exact) mass is 326 g/mol. The molecule has 1 aromatic carbocycles. The molecule has 0 aliphatic carbocycles. The molecule has 3 aromatic rings. The van der Waals surface area contributed by atoms with Crippen molar-refractivity contribution >= 4 is 16.3 Å². The van der Waals surface area contributed by atoms with Gasteiger partial charge in [-0.25, -0.2) is 4.98 Å². The van der Waals surface area contributed by atoms with Gasteiger partial charge < -0.3 is 4.74 Å². The first-order valence-corrected chi connectivity index (χ1v) is 8.29. The van der Waals surface area contributed by atoms with Crippen molar-refractivity contribution in [3.05, 3.63) is 35.0 Å². The molecule has 0 radical (unpaired) electrons. The molecule has 6 heteroatoms. The normalized spacial score (nSPS) is 11.6. The zero-order chi connectivity index (χ0) is 16.6. The van der Waals surface area contributed by atoms with Gasteiger partial charge in [-0.3, -0.25) is 0 Å². The van der Waals surface area contributed by atoms with Crippen molar-refractivity contribution in [1.29, 1.82) is 5.26 Å². The summed E-state index contributed by atoms with van der Waals surface area (Å²) in [6.07, 6.45) is 0. The number of aromatic nitrogens is 3. The molecule has 0 aliphatic rings. The Morgan fingerprint density at radius 2 is 1.96 bits per heavy atom. The SMILES string of the molecule is CCOc1ccc(-c2nc3sc(C(C)(C)C)nn3c2C#N)cc1. The number of hydrogen-bond acceptors (Lipinski definition) is 5. The van der Waals surface area contributed by atoms with Crippen molar-refractivity contribution in [2.75, 3.05) is 6.61 Å². The molecular formula is C17H18N4OS. The van der Waals surface area contributed by atoms with E-state index in [1.807, 2.05) is 31.2 Å². The van der Waals surface area contributed by atoms with Crippen LogP contribution in [0.3, 0.4) is 0 Å². The van der Waals surface area contributed by atoms with E-state index in [-0.39, 0.29) is 5.41 Å². The highest BCUT2D eigenvalue weighted by Crippen LogP contribution is 2.31. The van der Waals surface area contributed by atoms with Gasteiger partial charge in [0.15, 0.2) is 5.69 Å². The molecule has 0 saturated heterocycles. The molecule has 5 nitrogen and oxygen atoms in total. The lowest BCUT2D eigenvalue weighted by Crippen LogP contribution is -2.11. The van der Waals surface area contributed by atoms with Gasteiger partial charge in [-0.1, -0.05) is 32.1 Å². The van der Waals surface area contributed by atoms with Gasteiger partial charge in [-0.2, -0.15) is 14.9 Å². The minimum absolute atomic E-state index is 0.0581. The average Bonchev–Trinajstić information content (AvgIpc) is 3.05. The van der Waals surface area contributed by atoms with E-state index in [1.165, 1.54) is 11.3 Å². The summed E-state index contributed by atoms with van der Waals surface area (Å²) in [5.41, 5.74) is 1.96. The van der Waals surface area contributed by atoms with Crippen LogP contribution in [-0.2, 0) is 5.41 Å². The van der Waals surface area contributed by atoms with E-state index in [1.54, 1.807) is 4.52 Å². The standard InChI is InChI=1S/C17H18N4OS/c1-5-22-12-8-6-11(7-9-12)14-13(10-18)21-16(19-14)23-15(20-21)17(2,3)4/h6-9H,5H2,1-4H3. The van der Waals surface area contributed by atoms with Crippen LogP contribution in [0.25, 0.3) is 16.2 Å². The van der Waals surface area contributed by atoms with Crippen LogP contribution in [0.5, 0.6) is 5.75 Å². The Morgan fingerprint density at radius 1 is 1.26 bits per heavy atom. The van der Waals surface area contributed by atoms with E-state index >= 15 is 0 Å². The fourth-order valence-electron chi connectivity index (χ4n) is 2.23. The molecule has 0 bridgehead atoms. The second-order valence-corrected chi connectivity index (χ2v) is 7.19. The minimum atomic E-state index is -0.0581. The van der Waals surface area contributed by atoms with Crippen LogP contribution in [0, 0.1) is 11.3 Å². The van der Waals surface area contributed by atoms with Gasteiger partial charge in [0.25, 0.3) is 0 Å². The van der Waals surface area contributed by atoms with E-state index in [9.17, 15) is 5.26 Å². The van der Waals surface area contributed by atoms with E-state index in [4.69, 9.17) is 4.74 Å². The Balaban J connectivity index is 2.08. The smallest absolute Gasteiger partial charge is 0.214 e. The Labute approximate surface area is 139 Å². The predicted octanol–water partition coefficient (Wildman–Crippen LogP) is 4.03. The first-order valence-electron chi connectivity index (χ1n) is 7.47. The van der Waals surface area contributed by atoms with Crippen LogP contribution in [0.15, 0.2) is 24.3 Å². The number of hydrogen-bond donors (Lipinski definition) is 0. The van der Waals surface area contributed by atoms with Crippen LogP contribution in [0.1, 0.15) is 38.4 Å². The zero-order valence-corrected chi connectivity index (χ0v) is 14.4. The van der Waals surface area contributed by atoms with Crippen LogP contribution in [-0.4, -0.2) is 21.2 Å². The highest BCUT2D eigenvalue weighted by Gasteiger charge is 2.23. The Morgan fingerprint density at radius 3 is 2.52 bits per heavy atom. The summed E-state index contributed by atoms with van der Waals surface area (Å²) < 4.78 is 7.10. The Hall–Kier alpha value is -2.39. The first kappa shape index (κ1) is 15.5. The minimum Gasteiger partial charge on any atom is -0.494 e. The number of fused-ring (bicyclic) bond motifs is 1. The van der Waals surface area contributed by atoms with Crippen molar-refractivity contribution < 1.29 is 4.74 Å². The third kappa shape index (κ3) is 2.80. The summed E-state index contributed by atoms with van der Waals surface area (Å²) in [6, 6.07) is 9.85. The molecule has 0 fully saturated rings. The van der Waals surface area contributed by atoms with Gasteiger partial charge in [0.05, 0.1) is 6.61 Å². The Bertz CT molecular complexity index is 878. The summed E-state index contributed by atoms with van der Waals surface area (Å²) >= 11 is 1.53. The van der Waals surface area contributed by atoms with Gasteiger partial charge in [0.2, 0.25) is 4.96 Å². The largest absolute Gasteiger partial charge is 0.494 e. The van der Waals surface area contributed by atoms with Crippen molar-refractivity contribution in [1.82, 2.24) is 14.6 Å². The molecule has 2 aromatic heterocycles. The second-order valence-electron chi connectivity index (χ2n) is 6.23. The van der Waals surface area contributed by atoms with Crippen molar-refractivity contribution in [3.8, 4) is 23.1 Å². The zero-order valence-electron chi connectivity index (χ0n) is 13.6. The molecule has 0 spiro atoms. The van der Waals surface area contributed by atoms with Crippen molar-refractivity contribution in [2.24, 2.45) is 0 Å². The molecule has 3 rings (SSSR count). The van der Waals surface area contributed by atoms with E-state index < -0.39 is 0 Å². The maximum atomic E-state index is 9.55. The molecule has 23 heavy (non-hydrogen) atoms. The fourth-order valence-corrected chi connectivity index (χ4v) is 3.19. The van der Waals surface area contributed by atoms with Crippen LogP contribution in [0.4, 0.5) is 0 Å². The van der Waals surface area contributed by atoms with Crippen LogP contribution < -0.4 is 4.74 Å². The number of ether oxygens (including phenoxy) is 1. The predicted molar refractivity (Wildman–Crippen MR) is 90.9 cm³/mol. The average molecular weight is 326 g/mol. The molecule has 0 saturated carbocycles. The lowest BCUT2D eigenvalue weighted by Gasteiger charge is -2.12. The molecule has 0 atom stereocenters. The van der Waals surface area contributed by atoms with Crippen LogP contribution in [0.2, 0.25) is 0 Å². The van der Waals surface area contributed by atoms with E-state index in [0.717, 1.165) is 21.3 Å². The van der Waals surface area contributed by atoms with Gasteiger partial charge in [0.1, 0.15) is 22.5 Å².